The third kappa shape index (κ3) is 6.60. The lowest BCUT2D eigenvalue weighted by Gasteiger charge is -2.49. The number of hydrogen-bond acceptors (Lipinski definition) is 19. The van der Waals surface area contributed by atoms with Crippen molar-refractivity contribution in [1.29, 1.82) is 0 Å². The second-order valence-corrected chi connectivity index (χ2v) is 10.6. The van der Waals surface area contributed by atoms with E-state index in [1.807, 2.05) is 0 Å². The van der Waals surface area contributed by atoms with Crippen molar-refractivity contribution < 1.29 is 94.4 Å². The fourth-order valence-electron chi connectivity index (χ4n) is 5.28. The quantitative estimate of drug-likeness (QED) is 0.114. The summed E-state index contributed by atoms with van der Waals surface area (Å²) in [5.41, 5.74) is 0. The molecule has 0 unspecified atom stereocenters. The minimum absolute atomic E-state index is 0.695. The first-order chi connectivity index (χ1) is 19.8. The lowest BCUT2D eigenvalue weighted by molar-refractivity contribution is -0.388. The van der Waals surface area contributed by atoms with Crippen LogP contribution in [0, 0.1) is 0 Å². The Morgan fingerprint density at radius 2 is 0.905 bits per heavy atom. The zero-order valence-corrected chi connectivity index (χ0v) is 22.3. The molecule has 0 spiro atoms. The zero-order valence-electron chi connectivity index (χ0n) is 22.3. The molecule has 42 heavy (non-hydrogen) atoms. The van der Waals surface area contributed by atoms with Crippen LogP contribution in [-0.4, -0.2) is 198 Å². The molecule has 0 aromatic heterocycles. The van der Waals surface area contributed by atoms with Crippen LogP contribution in [0.25, 0.3) is 0 Å². The highest BCUT2D eigenvalue weighted by atomic mass is 16.8. The minimum Gasteiger partial charge on any atom is -0.394 e. The lowest BCUT2D eigenvalue weighted by atomic mass is 9.96. The van der Waals surface area contributed by atoms with Crippen molar-refractivity contribution in [3.05, 3.63) is 0 Å². The van der Waals surface area contributed by atoms with Crippen molar-refractivity contribution in [3.63, 3.8) is 0 Å². The first kappa shape index (κ1) is 34.1. The van der Waals surface area contributed by atoms with Gasteiger partial charge < -0.3 is 94.4 Å². The summed E-state index contributed by atoms with van der Waals surface area (Å²) in [6, 6.07) is 0. The molecule has 0 amide bonds. The molecule has 19 nitrogen and oxygen atoms in total. The largest absolute Gasteiger partial charge is 0.394 e. The van der Waals surface area contributed by atoms with E-state index in [4.69, 9.17) is 33.2 Å². The topological polar surface area (TPSA) is 307 Å². The fourth-order valence-corrected chi connectivity index (χ4v) is 5.28. The van der Waals surface area contributed by atoms with E-state index in [1.165, 1.54) is 6.92 Å². The highest BCUT2D eigenvalue weighted by Gasteiger charge is 2.56. The normalized spacial score (nSPS) is 53.8. The van der Waals surface area contributed by atoms with E-state index in [0.717, 1.165) is 0 Å². The summed E-state index contributed by atoms with van der Waals surface area (Å²) >= 11 is 0. The van der Waals surface area contributed by atoms with Gasteiger partial charge in [0.1, 0.15) is 85.5 Å². The third-order valence-electron chi connectivity index (χ3n) is 7.81. The van der Waals surface area contributed by atoms with Gasteiger partial charge in [0, 0.05) is 0 Å². The molecule has 4 aliphatic rings. The van der Waals surface area contributed by atoms with E-state index in [2.05, 4.69) is 0 Å². The maximum atomic E-state index is 11.3. The highest BCUT2D eigenvalue weighted by molar-refractivity contribution is 4.98. The second-order valence-electron chi connectivity index (χ2n) is 10.6. The Labute approximate surface area is 238 Å². The Bertz CT molecular complexity index is 853. The molecule has 19 atom stereocenters. The van der Waals surface area contributed by atoms with Gasteiger partial charge in [-0.05, 0) is 6.92 Å². The van der Waals surface area contributed by atoms with E-state index >= 15 is 0 Å². The van der Waals surface area contributed by atoms with E-state index in [-0.39, 0.29) is 0 Å². The molecule has 0 aromatic carbocycles. The molecular formula is C23H40O19. The maximum Gasteiger partial charge on any atom is 0.187 e. The van der Waals surface area contributed by atoms with Crippen LogP contribution in [-0.2, 0) is 33.2 Å². The average Bonchev–Trinajstić information content (AvgIpc) is 3.25. The van der Waals surface area contributed by atoms with Crippen LogP contribution in [0.5, 0.6) is 0 Å². The van der Waals surface area contributed by atoms with Crippen molar-refractivity contribution in [2.24, 2.45) is 0 Å². The SMILES string of the molecule is C[C@H]1O[C@H](O[C@@H]2[C@H](O)[C@H](O[C@H]3[C@H](O)[C@H](O)[C@H](O)O[C@@H]3CO)O[C@H](CO)[C@H]2O[C@H]2O[C@H](CO)[C@@H](O)[C@H]2O)[C@@H](O)[C@@H](O)[C@@H]1O. The number of aliphatic hydroxyl groups excluding tert-OH is 12. The van der Waals surface area contributed by atoms with Crippen molar-refractivity contribution >= 4 is 0 Å². The summed E-state index contributed by atoms with van der Waals surface area (Å²) in [5.74, 6) is 0. The molecule has 0 bridgehead atoms. The van der Waals surface area contributed by atoms with Gasteiger partial charge in [-0.3, -0.25) is 0 Å². The van der Waals surface area contributed by atoms with Crippen LogP contribution in [0.4, 0.5) is 0 Å². The summed E-state index contributed by atoms with van der Waals surface area (Å²) in [7, 11) is 0. The Morgan fingerprint density at radius 1 is 0.429 bits per heavy atom. The summed E-state index contributed by atoms with van der Waals surface area (Å²) in [6.07, 6.45) is -31.4. The van der Waals surface area contributed by atoms with Gasteiger partial charge >= 0.3 is 0 Å². The van der Waals surface area contributed by atoms with Gasteiger partial charge in [0.05, 0.1) is 25.9 Å². The lowest BCUT2D eigenvalue weighted by Crippen LogP contribution is -2.67. The van der Waals surface area contributed by atoms with Gasteiger partial charge in [0.15, 0.2) is 25.2 Å². The molecule has 4 fully saturated rings. The third-order valence-corrected chi connectivity index (χ3v) is 7.81. The van der Waals surface area contributed by atoms with Gasteiger partial charge in [-0.1, -0.05) is 0 Å². The molecule has 0 aliphatic carbocycles. The van der Waals surface area contributed by atoms with E-state index in [1.54, 1.807) is 0 Å². The highest BCUT2D eigenvalue weighted by Crippen LogP contribution is 2.35. The maximum absolute atomic E-state index is 11.3. The first-order valence-electron chi connectivity index (χ1n) is 13.4. The standard InChI is InChI=1S/C23H40O19/c1-5-9(27)11(29)15(33)21(36-5)42-19-16(34)23(40-17-7(3-25)37-20(35)13(31)12(17)30)39-8(4-26)18(19)41-22-14(32)10(28)6(2-24)38-22/h5-35H,2-4H2,1H3/t5-,6-,7-,8-,9-,10-,11+,12-,13+,14-,15+,16+,17-,18-,19-,20-,21-,22-,23+/m1/s1. The Balaban J connectivity index is 1.61. The van der Waals surface area contributed by atoms with Crippen LogP contribution < -0.4 is 0 Å². The molecule has 4 saturated heterocycles. The fraction of sp³-hybridized carbons (Fsp3) is 1.00. The van der Waals surface area contributed by atoms with Crippen molar-refractivity contribution in [2.75, 3.05) is 19.8 Å². The molecule has 0 saturated carbocycles. The Morgan fingerprint density at radius 3 is 1.50 bits per heavy atom. The Kier molecular flexibility index (Phi) is 11.5. The van der Waals surface area contributed by atoms with E-state index in [0.29, 0.717) is 0 Å². The van der Waals surface area contributed by atoms with Crippen LogP contribution in [0.2, 0.25) is 0 Å². The van der Waals surface area contributed by atoms with Crippen molar-refractivity contribution in [1.82, 2.24) is 0 Å². The molecule has 246 valence electrons. The summed E-state index contributed by atoms with van der Waals surface area (Å²) in [6.45, 7) is -1.01. The predicted octanol–water partition coefficient (Wildman–Crippen LogP) is -8.08. The molecule has 0 radical (unpaired) electrons. The van der Waals surface area contributed by atoms with Crippen LogP contribution in [0.1, 0.15) is 6.92 Å². The van der Waals surface area contributed by atoms with E-state index in [9.17, 15) is 61.3 Å². The Hall–Kier alpha value is -0.760. The number of ether oxygens (including phenoxy) is 7. The van der Waals surface area contributed by atoms with Gasteiger partial charge in [0.2, 0.25) is 0 Å². The van der Waals surface area contributed by atoms with Gasteiger partial charge in [-0.2, -0.15) is 0 Å². The summed E-state index contributed by atoms with van der Waals surface area (Å²) in [4.78, 5) is 0. The van der Waals surface area contributed by atoms with Crippen LogP contribution in [0.15, 0.2) is 0 Å². The monoisotopic (exact) mass is 620 g/mol. The predicted molar refractivity (Wildman–Crippen MR) is 126 cm³/mol. The first-order valence-corrected chi connectivity index (χ1v) is 13.4. The second kappa shape index (κ2) is 14.1. The molecule has 4 rings (SSSR count). The molecule has 4 heterocycles. The molecule has 12 N–H and O–H groups in total. The van der Waals surface area contributed by atoms with Crippen molar-refractivity contribution in [2.45, 2.75) is 124 Å². The molecule has 19 heteroatoms. The molecular weight excluding hydrogens is 580 g/mol. The van der Waals surface area contributed by atoms with Crippen molar-refractivity contribution in [3.8, 4) is 0 Å². The van der Waals surface area contributed by atoms with Gasteiger partial charge in [0.25, 0.3) is 0 Å². The summed E-state index contributed by atoms with van der Waals surface area (Å²) in [5, 5.41) is 122. The van der Waals surface area contributed by atoms with E-state index < -0.39 is 137 Å². The number of rotatable bonds is 9. The van der Waals surface area contributed by atoms with Crippen LogP contribution in [0.3, 0.4) is 0 Å². The van der Waals surface area contributed by atoms with Gasteiger partial charge in [-0.15, -0.1) is 0 Å². The molecule has 0 aromatic rings. The molecule has 4 aliphatic heterocycles. The minimum atomic E-state index is -1.97. The smallest absolute Gasteiger partial charge is 0.187 e. The summed E-state index contributed by atoms with van der Waals surface area (Å²) < 4.78 is 38.6. The zero-order chi connectivity index (χ0) is 31.0. The number of hydrogen-bond donors (Lipinski definition) is 12. The average molecular weight is 621 g/mol. The van der Waals surface area contributed by atoms with Gasteiger partial charge in [-0.25, -0.2) is 0 Å². The number of aliphatic hydroxyl groups is 12. The van der Waals surface area contributed by atoms with Crippen LogP contribution >= 0.6 is 0 Å².